The van der Waals surface area contributed by atoms with Gasteiger partial charge >= 0.3 is 12.1 Å². The summed E-state index contributed by atoms with van der Waals surface area (Å²) in [7, 11) is 0. The van der Waals surface area contributed by atoms with E-state index in [0.717, 1.165) is 49.2 Å². The van der Waals surface area contributed by atoms with Gasteiger partial charge in [0.15, 0.2) is 17.3 Å². The second-order valence-electron chi connectivity index (χ2n) is 9.46. The maximum Gasteiger partial charge on any atom is 0.417 e. The molecule has 0 bridgehead atoms. The smallest absolute Gasteiger partial charge is 0.417 e. The normalized spacial score (nSPS) is 14.4. The first kappa shape index (κ1) is 27.5. The van der Waals surface area contributed by atoms with Gasteiger partial charge in [-0.25, -0.2) is 9.67 Å². The van der Waals surface area contributed by atoms with Crippen LogP contribution >= 0.6 is 0 Å². The van der Waals surface area contributed by atoms with Crippen LogP contribution in [0.15, 0.2) is 42.7 Å². The Kier molecular flexibility index (Phi) is 8.91. The summed E-state index contributed by atoms with van der Waals surface area (Å²) in [5.41, 5.74) is 1.84. The molecule has 0 spiro atoms. The molecular weight excluding hydrogens is 499 g/mol. The summed E-state index contributed by atoms with van der Waals surface area (Å²) in [5.74, 6) is 0.796. The van der Waals surface area contributed by atoms with E-state index in [1.807, 2.05) is 13.1 Å². The maximum atomic E-state index is 13.0. The fraction of sp³-hybridized carbons (Fsp3) is 0.464. The summed E-state index contributed by atoms with van der Waals surface area (Å²) in [6.45, 7) is 2.70. The number of aryl methyl sites for hydroxylation is 1. The van der Waals surface area contributed by atoms with Crippen LogP contribution in [0.1, 0.15) is 73.8 Å². The van der Waals surface area contributed by atoms with Crippen molar-refractivity contribution in [2.75, 3.05) is 13.2 Å². The molecule has 3 aromatic rings. The number of carboxylic acids is 1. The van der Waals surface area contributed by atoms with Gasteiger partial charge in [-0.15, -0.1) is 0 Å². The number of aliphatic carboxylic acids is 1. The van der Waals surface area contributed by atoms with Crippen LogP contribution in [0, 0.1) is 0 Å². The van der Waals surface area contributed by atoms with E-state index in [-0.39, 0.29) is 6.42 Å². The zero-order valence-corrected chi connectivity index (χ0v) is 21.3. The Labute approximate surface area is 219 Å². The van der Waals surface area contributed by atoms with E-state index >= 15 is 0 Å². The molecule has 0 saturated heterocycles. The monoisotopic (exact) mass is 531 g/mol. The first-order valence-electron chi connectivity index (χ1n) is 13.0. The minimum atomic E-state index is -4.44. The number of nitrogens with zero attached hydrogens (tertiary/aromatic N) is 3. The molecular formula is C28H32F3N3O4. The average molecular weight is 532 g/mol. The van der Waals surface area contributed by atoms with Crippen LogP contribution in [-0.4, -0.2) is 39.1 Å². The number of hydrogen-bond acceptors (Lipinski definition) is 5. The molecule has 1 fully saturated rings. The molecule has 38 heavy (non-hydrogen) atoms. The molecule has 204 valence electrons. The van der Waals surface area contributed by atoms with Crippen molar-refractivity contribution in [2.24, 2.45) is 0 Å². The number of carbonyl (C=O) groups is 1. The van der Waals surface area contributed by atoms with Crippen LogP contribution in [0.25, 0.3) is 5.82 Å². The van der Waals surface area contributed by atoms with Gasteiger partial charge in [0.2, 0.25) is 0 Å². The van der Waals surface area contributed by atoms with E-state index < -0.39 is 17.7 Å². The summed E-state index contributed by atoms with van der Waals surface area (Å²) in [6.07, 6.45) is 5.02. The Morgan fingerprint density at radius 1 is 1.11 bits per heavy atom. The second-order valence-corrected chi connectivity index (χ2v) is 9.46. The first-order chi connectivity index (χ1) is 18.2. The third-order valence-corrected chi connectivity index (χ3v) is 6.64. The Balaban J connectivity index is 1.48. The van der Waals surface area contributed by atoms with Crippen LogP contribution < -0.4 is 9.47 Å². The van der Waals surface area contributed by atoms with Crippen molar-refractivity contribution >= 4 is 5.97 Å². The van der Waals surface area contributed by atoms with Crippen LogP contribution in [0.5, 0.6) is 11.5 Å². The number of carboxylic acid groups (broad SMARTS) is 1. The van der Waals surface area contributed by atoms with Crippen molar-refractivity contribution in [1.82, 2.24) is 14.8 Å². The Bertz CT molecular complexity index is 1220. The fourth-order valence-electron chi connectivity index (χ4n) is 4.81. The molecule has 10 heteroatoms. The predicted octanol–water partition coefficient (Wildman–Crippen LogP) is 6.37. The van der Waals surface area contributed by atoms with E-state index in [1.54, 1.807) is 22.9 Å². The van der Waals surface area contributed by atoms with Gasteiger partial charge < -0.3 is 14.6 Å². The van der Waals surface area contributed by atoms with Crippen LogP contribution in [0.4, 0.5) is 13.2 Å². The highest BCUT2D eigenvalue weighted by Crippen LogP contribution is 2.35. The SMILES string of the molecule is CCOc1ccc(CC(=O)O)cc1OCCCc1cn(-c2ccc(C(F)(F)F)cn2)nc1C1CCCCC1. The summed E-state index contributed by atoms with van der Waals surface area (Å²) in [5, 5.41) is 13.9. The van der Waals surface area contributed by atoms with Crippen LogP contribution in [-0.2, 0) is 23.8 Å². The Hall–Kier alpha value is -3.56. The molecule has 7 nitrogen and oxygen atoms in total. The number of hydrogen-bond donors (Lipinski definition) is 1. The van der Waals surface area contributed by atoms with Crippen molar-refractivity contribution in [3.05, 3.63) is 65.1 Å². The highest BCUT2D eigenvalue weighted by atomic mass is 19.4. The lowest BCUT2D eigenvalue weighted by atomic mass is 9.85. The molecule has 0 aliphatic heterocycles. The van der Waals surface area contributed by atoms with Gasteiger partial charge in [0.05, 0.1) is 30.9 Å². The zero-order chi connectivity index (χ0) is 27.1. The lowest BCUT2D eigenvalue weighted by Gasteiger charge is -2.21. The number of rotatable bonds is 11. The van der Waals surface area contributed by atoms with E-state index in [9.17, 15) is 18.0 Å². The third kappa shape index (κ3) is 7.05. The lowest BCUT2D eigenvalue weighted by Crippen LogP contribution is -2.09. The van der Waals surface area contributed by atoms with Crippen LogP contribution in [0.3, 0.4) is 0 Å². The lowest BCUT2D eigenvalue weighted by molar-refractivity contribution is -0.138. The van der Waals surface area contributed by atoms with Gasteiger partial charge in [0.1, 0.15) is 0 Å². The molecule has 2 aromatic heterocycles. The number of ether oxygens (including phenoxy) is 2. The van der Waals surface area contributed by atoms with Crippen molar-refractivity contribution < 1.29 is 32.5 Å². The maximum absolute atomic E-state index is 13.0. The van der Waals surface area contributed by atoms with Gasteiger partial charge in [0, 0.05) is 18.3 Å². The molecule has 1 N–H and O–H groups in total. The molecule has 4 rings (SSSR count). The number of benzene rings is 1. The first-order valence-corrected chi connectivity index (χ1v) is 13.0. The number of aromatic nitrogens is 3. The largest absolute Gasteiger partial charge is 0.490 e. The molecule has 1 aliphatic rings. The minimum Gasteiger partial charge on any atom is -0.490 e. The summed E-state index contributed by atoms with van der Waals surface area (Å²) >= 11 is 0. The van der Waals surface area contributed by atoms with Gasteiger partial charge in [-0.1, -0.05) is 25.3 Å². The Morgan fingerprint density at radius 3 is 2.55 bits per heavy atom. The molecule has 0 radical (unpaired) electrons. The van der Waals surface area contributed by atoms with Gasteiger partial charge in [-0.05, 0) is 68.0 Å². The van der Waals surface area contributed by atoms with E-state index in [0.29, 0.717) is 54.9 Å². The van der Waals surface area contributed by atoms with E-state index in [4.69, 9.17) is 19.7 Å². The fourth-order valence-corrected chi connectivity index (χ4v) is 4.81. The molecule has 0 unspecified atom stereocenters. The molecule has 1 aliphatic carbocycles. The highest BCUT2D eigenvalue weighted by Gasteiger charge is 2.31. The highest BCUT2D eigenvalue weighted by molar-refractivity contribution is 5.70. The summed E-state index contributed by atoms with van der Waals surface area (Å²) in [4.78, 5) is 15.1. The van der Waals surface area contributed by atoms with Gasteiger partial charge in [0.25, 0.3) is 0 Å². The molecule has 2 heterocycles. The molecule has 1 aromatic carbocycles. The van der Waals surface area contributed by atoms with Crippen LogP contribution in [0.2, 0.25) is 0 Å². The zero-order valence-electron chi connectivity index (χ0n) is 21.3. The average Bonchev–Trinajstić information content (AvgIpc) is 3.32. The molecule has 0 atom stereocenters. The summed E-state index contributed by atoms with van der Waals surface area (Å²) in [6, 6.07) is 7.49. The third-order valence-electron chi connectivity index (χ3n) is 6.64. The Morgan fingerprint density at radius 2 is 1.89 bits per heavy atom. The molecule has 0 amide bonds. The quantitative estimate of drug-likeness (QED) is 0.289. The number of pyridine rings is 1. The van der Waals surface area contributed by atoms with Crippen molar-refractivity contribution in [3.8, 4) is 17.3 Å². The van der Waals surface area contributed by atoms with Gasteiger partial charge in [-0.2, -0.15) is 18.3 Å². The predicted molar refractivity (Wildman–Crippen MR) is 135 cm³/mol. The van der Waals surface area contributed by atoms with Gasteiger partial charge in [-0.3, -0.25) is 4.79 Å². The van der Waals surface area contributed by atoms with E-state index in [1.165, 1.54) is 12.5 Å². The summed E-state index contributed by atoms with van der Waals surface area (Å²) < 4.78 is 52.1. The topological polar surface area (TPSA) is 86.5 Å². The van der Waals surface area contributed by atoms with Crippen molar-refractivity contribution in [2.45, 2.75) is 70.4 Å². The molecule has 1 saturated carbocycles. The number of halogens is 3. The van der Waals surface area contributed by atoms with Crippen molar-refractivity contribution in [3.63, 3.8) is 0 Å². The van der Waals surface area contributed by atoms with Crippen molar-refractivity contribution in [1.29, 1.82) is 0 Å². The number of alkyl halides is 3. The standard InChI is InChI=1S/C28H32F3N3O4/c1-2-37-23-12-10-19(16-26(35)36)15-24(23)38-14-6-9-21-18-34(33-27(21)20-7-4-3-5-8-20)25-13-11-22(17-32-25)28(29,30)31/h10-13,15,17-18,20H,2-9,14,16H2,1H3,(H,35,36). The van der Waals surface area contributed by atoms with E-state index in [2.05, 4.69) is 4.98 Å². The minimum absolute atomic E-state index is 0.106. The second kappa shape index (κ2) is 12.3.